The molecule has 1 aromatic rings. The van der Waals surface area contributed by atoms with Crippen LogP contribution in [0.1, 0.15) is 29.6 Å². The lowest BCUT2D eigenvalue weighted by molar-refractivity contribution is 0.0780. The second kappa shape index (κ2) is 7.68. The molecule has 3 rings (SSSR count). The second-order valence-electron chi connectivity index (χ2n) is 6.61. The van der Waals surface area contributed by atoms with E-state index in [2.05, 4.69) is 16.2 Å². The zero-order chi connectivity index (χ0) is 17.9. The van der Waals surface area contributed by atoms with Crippen molar-refractivity contribution >= 4 is 15.9 Å². The van der Waals surface area contributed by atoms with Gasteiger partial charge in [0.25, 0.3) is 5.91 Å². The summed E-state index contributed by atoms with van der Waals surface area (Å²) in [6, 6.07) is 6.69. The molecule has 2 aliphatic rings. The number of nitrogens with one attached hydrogen (secondary N) is 1. The third kappa shape index (κ3) is 4.11. The van der Waals surface area contributed by atoms with Gasteiger partial charge in [0.15, 0.2) is 0 Å². The van der Waals surface area contributed by atoms with Crippen LogP contribution >= 0.6 is 0 Å². The Morgan fingerprint density at radius 1 is 1.28 bits per heavy atom. The number of carbonyl (C=O) groups excluding carboxylic acids is 1. The molecule has 136 valence electrons. The van der Waals surface area contributed by atoms with Gasteiger partial charge in [0.1, 0.15) is 0 Å². The van der Waals surface area contributed by atoms with E-state index in [1.807, 2.05) is 4.90 Å². The van der Waals surface area contributed by atoms with Crippen molar-refractivity contribution in [2.75, 3.05) is 32.7 Å². The van der Waals surface area contributed by atoms with Crippen LogP contribution in [0.3, 0.4) is 0 Å². The molecule has 0 aliphatic carbocycles. The van der Waals surface area contributed by atoms with Gasteiger partial charge in [-0.05, 0) is 50.6 Å². The molecule has 2 heterocycles. The maximum absolute atomic E-state index is 12.8. The molecule has 6 nitrogen and oxygen atoms in total. The summed E-state index contributed by atoms with van der Waals surface area (Å²) in [5.74, 6) is -0.0949. The first-order valence-electron chi connectivity index (χ1n) is 8.75. The predicted molar refractivity (Wildman–Crippen MR) is 96.9 cm³/mol. The lowest BCUT2D eigenvalue weighted by atomic mass is 10.2. The number of amides is 1. The van der Waals surface area contributed by atoms with Gasteiger partial charge in [0.2, 0.25) is 10.0 Å². The second-order valence-corrected chi connectivity index (χ2v) is 8.37. The zero-order valence-corrected chi connectivity index (χ0v) is 15.2. The van der Waals surface area contributed by atoms with Crippen LogP contribution in [0.15, 0.2) is 41.8 Å². The normalized spacial score (nSPS) is 21.6. The van der Waals surface area contributed by atoms with Gasteiger partial charge in [0.05, 0.1) is 4.90 Å². The fraction of sp³-hybridized carbons (Fsp3) is 0.500. The van der Waals surface area contributed by atoms with Crippen molar-refractivity contribution < 1.29 is 13.2 Å². The van der Waals surface area contributed by atoms with Crippen molar-refractivity contribution in [3.63, 3.8) is 0 Å². The van der Waals surface area contributed by atoms with Crippen LogP contribution in [0, 0.1) is 0 Å². The summed E-state index contributed by atoms with van der Waals surface area (Å²) < 4.78 is 26.9. The number of nitrogens with zero attached hydrogens (tertiary/aromatic N) is 2. The molecule has 1 N–H and O–H groups in total. The van der Waals surface area contributed by atoms with Crippen LogP contribution in [0.4, 0.5) is 0 Å². The van der Waals surface area contributed by atoms with Crippen LogP contribution in [-0.2, 0) is 10.0 Å². The number of sulfonamides is 1. The van der Waals surface area contributed by atoms with E-state index in [1.54, 1.807) is 12.1 Å². The van der Waals surface area contributed by atoms with Gasteiger partial charge >= 0.3 is 0 Å². The molecule has 1 aromatic carbocycles. The third-order valence-corrected chi connectivity index (χ3v) is 6.34. The predicted octanol–water partition coefficient (Wildman–Crippen LogP) is 1.46. The summed E-state index contributed by atoms with van der Waals surface area (Å²) >= 11 is 0. The maximum Gasteiger partial charge on any atom is 0.253 e. The molecule has 7 heteroatoms. The van der Waals surface area contributed by atoms with Crippen molar-refractivity contribution in [3.8, 4) is 0 Å². The molecule has 0 aromatic heterocycles. The summed E-state index contributed by atoms with van der Waals surface area (Å²) in [5.41, 5.74) is 0.420. The molecule has 0 spiro atoms. The largest absolute Gasteiger partial charge is 0.337 e. The molecule has 1 atom stereocenters. The first-order chi connectivity index (χ1) is 12.0. The average molecular weight is 363 g/mol. The topological polar surface area (TPSA) is 69.7 Å². The van der Waals surface area contributed by atoms with Crippen LogP contribution < -0.4 is 4.72 Å². The number of likely N-dealkylation sites (tertiary alicyclic amines) is 2. The number of hydrogen-bond acceptors (Lipinski definition) is 4. The smallest absolute Gasteiger partial charge is 0.253 e. The summed E-state index contributed by atoms with van der Waals surface area (Å²) in [6.45, 7) is 7.36. The Morgan fingerprint density at radius 3 is 2.76 bits per heavy atom. The van der Waals surface area contributed by atoms with Gasteiger partial charge in [-0.1, -0.05) is 12.1 Å². The lowest BCUT2D eigenvalue weighted by Gasteiger charge is -2.23. The molecule has 1 unspecified atom stereocenters. The Bertz CT molecular complexity index is 742. The quantitative estimate of drug-likeness (QED) is 0.777. The number of benzene rings is 1. The van der Waals surface area contributed by atoms with E-state index >= 15 is 0 Å². The van der Waals surface area contributed by atoms with Gasteiger partial charge in [0, 0.05) is 31.2 Å². The molecule has 2 fully saturated rings. The highest BCUT2D eigenvalue weighted by Crippen LogP contribution is 2.22. The van der Waals surface area contributed by atoms with Crippen molar-refractivity contribution in [1.82, 2.24) is 14.5 Å². The Labute approximate surface area is 149 Å². The average Bonchev–Trinajstić information content (AvgIpc) is 3.30. The first-order valence-corrected chi connectivity index (χ1v) is 10.2. The lowest BCUT2D eigenvalue weighted by Crippen LogP contribution is -2.37. The van der Waals surface area contributed by atoms with Crippen molar-refractivity contribution in [2.45, 2.75) is 30.2 Å². The number of hydrogen-bond donors (Lipinski definition) is 1. The first kappa shape index (κ1) is 18.1. The Hall–Kier alpha value is -1.70. The molecule has 2 aliphatic heterocycles. The summed E-state index contributed by atoms with van der Waals surface area (Å²) in [7, 11) is -3.63. The highest BCUT2D eigenvalue weighted by molar-refractivity contribution is 7.89. The van der Waals surface area contributed by atoms with Crippen LogP contribution in [0.2, 0.25) is 0 Å². The molecule has 1 amide bonds. The van der Waals surface area contributed by atoms with Gasteiger partial charge in [-0.15, -0.1) is 6.58 Å². The highest BCUT2D eigenvalue weighted by Gasteiger charge is 2.32. The van der Waals surface area contributed by atoms with Crippen LogP contribution in [-0.4, -0.2) is 62.9 Å². The van der Waals surface area contributed by atoms with Gasteiger partial charge in [-0.2, -0.15) is 0 Å². The molecule has 0 bridgehead atoms. The standard InChI is InChI=1S/C18H25N3O3S/c1-2-9-19-25(23,24)17-7-5-6-15(13-17)18(22)21-12-8-16(14-21)20-10-3-4-11-20/h2,5-7,13,16,19H,1,3-4,8-12,14H2. The van der Waals surface area contributed by atoms with Gasteiger partial charge in [-0.3, -0.25) is 9.69 Å². The van der Waals surface area contributed by atoms with Crippen LogP contribution in [0.25, 0.3) is 0 Å². The monoisotopic (exact) mass is 363 g/mol. The molecular formula is C18H25N3O3S. The molecule has 0 saturated carbocycles. The van der Waals surface area contributed by atoms with Gasteiger partial charge < -0.3 is 4.90 Å². The third-order valence-electron chi connectivity index (χ3n) is 4.92. The van der Waals surface area contributed by atoms with Crippen molar-refractivity contribution in [1.29, 1.82) is 0 Å². The summed E-state index contributed by atoms with van der Waals surface area (Å²) in [4.78, 5) is 17.2. The fourth-order valence-electron chi connectivity index (χ4n) is 3.56. The Balaban J connectivity index is 1.70. The molecule has 25 heavy (non-hydrogen) atoms. The zero-order valence-electron chi connectivity index (χ0n) is 14.4. The maximum atomic E-state index is 12.8. The number of rotatable bonds is 6. The van der Waals surface area contributed by atoms with E-state index in [4.69, 9.17) is 0 Å². The summed E-state index contributed by atoms with van der Waals surface area (Å²) in [6.07, 6.45) is 4.95. The van der Waals surface area contributed by atoms with Gasteiger partial charge in [-0.25, -0.2) is 13.1 Å². The fourth-order valence-corrected chi connectivity index (χ4v) is 4.61. The van der Waals surface area contributed by atoms with E-state index < -0.39 is 10.0 Å². The highest BCUT2D eigenvalue weighted by atomic mass is 32.2. The molecule has 2 saturated heterocycles. The minimum atomic E-state index is -3.63. The Kier molecular flexibility index (Phi) is 5.56. The van der Waals surface area contributed by atoms with E-state index in [1.165, 1.54) is 31.1 Å². The van der Waals surface area contributed by atoms with E-state index in [-0.39, 0.29) is 17.3 Å². The number of carbonyl (C=O) groups is 1. The summed E-state index contributed by atoms with van der Waals surface area (Å²) in [5, 5.41) is 0. The van der Waals surface area contributed by atoms with Crippen molar-refractivity contribution in [2.24, 2.45) is 0 Å². The van der Waals surface area contributed by atoms with E-state index in [0.29, 0.717) is 11.6 Å². The van der Waals surface area contributed by atoms with Crippen molar-refractivity contribution in [3.05, 3.63) is 42.5 Å². The van der Waals surface area contributed by atoms with E-state index in [9.17, 15) is 13.2 Å². The minimum Gasteiger partial charge on any atom is -0.337 e. The molecular weight excluding hydrogens is 338 g/mol. The Morgan fingerprint density at radius 2 is 2.04 bits per heavy atom. The van der Waals surface area contributed by atoms with Crippen LogP contribution in [0.5, 0.6) is 0 Å². The SMILES string of the molecule is C=CCNS(=O)(=O)c1cccc(C(=O)N2CCC(N3CCCC3)C2)c1. The minimum absolute atomic E-state index is 0.0949. The molecule has 0 radical (unpaired) electrons. The van der Waals surface area contributed by atoms with E-state index in [0.717, 1.165) is 32.6 Å².